The smallest absolute Gasteiger partial charge is 0.178 e. The average molecular weight is 255 g/mol. The summed E-state index contributed by atoms with van der Waals surface area (Å²) in [5.41, 5.74) is 0.460. The van der Waals surface area contributed by atoms with Gasteiger partial charge in [-0.15, -0.1) is 0 Å². The molecule has 1 aromatic rings. The van der Waals surface area contributed by atoms with Crippen molar-refractivity contribution in [1.29, 1.82) is 5.26 Å². The third-order valence-corrected chi connectivity index (χ3v) is 4.17. The first-order valence-electron chi connectivity index (χ1n) is 4.86. The van der Waals surface area contributed by atoms with Gasteiger partial charge in [-0.05, 0) is 35.9 Å². The van der Waals surface area contributed by atoms with Crippen LogP contribution in [0, 0.1) is 11.3 Å². The fraction of sp³-hybridized carbons (Fsp3) is 0.364. The van der Waals surface area contributed by atoms with Crippen LogP contribution in [0.1, 0.15) is 18.9 Å². The first kappa shape index (κ1) is 13.1. The second-order valence-corrected chi connectivity index (χ2v) is 6.58. The first-order chi connectivity index (χ1) is 7.45. The topological polar surface area (TPSA) is 57.9 Å². The summed E-state index contributed by atoms with van der Waals surface area (Å²) in [6.45, 7) is 1.86. The summed E-state index contributed by atoms with van der Waals surface area (Å²) in [6, 6.07) is 7.91. The van der Waals surface area contributed by atoms with Crippen molar-refractivity contribution < 1.29 is 8.42 Å². The van der Waals surface area contributed by atoms with Crippen molar-refractivity contribution in [2.75, 3.05) is 5.75 Å². The maximum Gasteiger partial charge on any atom is 0.178 e. The maximum absolute atomic E-state index is 11.8. The summed E-state index contributed by atoms with van der Waals surface area (Å²) in [5, 5.41) is 8.66. The second-order valence-electron chi connectivity index (χ2n) is 3.59. The highest BCUT2D eigenvalue weighted by molar-refractivity contribution is 7.91. The Balaban J connectivity index is 2.87. The molecule has 0 heterocycles. The van der Waals surface area contributed by atoms with Crippen LogP contribution in [-0.2, 0) is 9.84 Å². The van der Waals surface area contributed by atoms with E-state index >= 15 is 0 Å². The van der Waals surface area contributed by atoms with E-state index in [1.807, 2.05) is 13.0 Å². The van der Waals surface area contributed by atoms with Crippen LogP contribution in [0.15, 0.2) is 29.2 Å². The highest BCUT2D eigenvalue weighted by Gasteiger charge is 2.14. The predicted molar refractivity (Wildman–Crippen MR) is 66.3 cm³/mol. The summed E-state index contributed by atoms with van der Waals surface area (Å²) in [4.78, 5) is 0.264. The van der Waals surface area contributed by atoms with Gasteiger partial charge in [0.2, 0.25) is 0 Å². The molecule has 1 aromatic carbocycles. The van der Waals surface area contributed by atoms with Crippen molar-refractivity contribution in [1.82, 2.24) is 0 Å². The molecule has 0 spiro atoms. The van der Waals surface area contributed by atoms with E-state index in [1.54, 1.807) is 0 Å². The Hall–Kier alpha value is -0.990. The minimum Gasteiger partial charge on any atom is -0.224 e. The molecule has 0 radical (unpaired) electrons. The van der Waals surface area contributed by atoms with Crippen molar-refractivity contribution in [2.24, 2.45) is 0 Å². The highest BCUT2D eigenvalue weighted by atomic mass is 32.2. The van der Waals surface area contributed by atoms with Gasteiger partial charge in [-0.25, -0.2) is 8.42 Å². The van der Waals surface area contributed by atoms with E-state index in [4.69, 9.17) is 5.26 Å². The van der Waals surface area contributed by atoms with Crippen LogP contribution < -0.4 is 0 Å². The number of hydrogen-bond acceptors (Lipinski definition) is 4. The lowest BCUT2D eigenvalue weighted by molar-refractivity contribution is 0.593. The second kappa shape index (κ2) is 5.37. The summed E-state index contributed by atoms with van der Waals surface area (Å²) in [7, 11) is -3.24. The summed E-state index contributed by atoms with van der Waals surface area (Å²) < 4.78 is 23.6. The van der Waals surface area contributed by atoms with Gasteiger partial charge in [0, 0.05) is 0 Å². The average Bonchev–Trinajstić information content (AvgIpc) is 2.27. The fourth-order valence-corrected chi connectivity index (χ4v) is 2.93. The number of nitrogens with zero attached hydrogens (tertiary/aromatic N) is 1. The standard InChI is InChI=1S/C11H13NO2S2/c1-9(15)6-7-16(13,14)11-4-2-10(8-12)3-5-11/h2-5,9,15H,6-7H2,1H3. The molecular formula is C11H13NO2S2. The molecule has 0 aromatic heterocycles. The van der Waals surface area contributed by atoms with E-state index in [-0.39, 0.29) is 15.9 Å². The third kappa shape index (κ3) is 3.54. The summed E-state index contributed by atoms with van der Waals surface area (Å²) in [5.74, 6) is 0.0869. The van der Waals surface area contributed by atoms with Gasteiger partial charge in [0.15, 0.2) is 9.84 Å². The van der Waals surface area contributed by atoms with Crippen LogP contribution in [0.4, 0.5) is 0 Å². The molecule has 0 fully saturated rings. The number of nitriles is 1. The number of sulfone groups is 1. The normalized spacial score (nSPS) is 13.1. The first-order valence-corrected chi connectivity index (χ1v) is 7.03. The van der Waals surface area contributed by atoms with Crippen LogP contribution >= 0.6 is 12.6 Å². The lowest BCUT2D eigenvalue weighted by Gasteiger charge is -2.06. The Bertz CT molecular complexity index is 484. The van der Waals surface area contributed by atoms with Gasteiger partial charge in [0.05, 0.1) is 22.3 Å². The zero-order valence-electron chi connectivity index (χ0n) is 8.92. The van der Waals surface area contributed by atoms with Crippen molar-refractivity contribution in [2.45, 2.75) is 23.5 Å². The third-order valence-electron chi connectivity index (χ3n) is 2.15. The van der Waals surface area contributed by atoms with Crippen molar-refractivity contribution in [3.05, 3.63) is 29.8 Å². The molecule has 0 bridgehead atoms. The highest BCUT2D eigenvalue weighted by Crippen LogP contribution is 2.14. The molecule has 0 aliphatic rings. The van der Waals surface area contributed by atoms with Gasteiger partial charge in [-0.2, -0.15) is 17.9 Å². The van der Waals surface area contributed by atoms with Crippen molar-refractivity contribution >= 4 is 22.5 Å². The van der Waals surface area contributed by atoms with E-state index in [9.17, 15) is 8.42 Å². The molecule has 5 heteroatoms. The number of benzene rings is 1. The Morgan fingerprint density at radius 1 is 1.38 bits per heavy atom. The minimum atomic E-state index is -3.24. The van der Waals surface area contributed by atoms with Gasteiger partial charge in [-0.1, -0.05) is 6.92 Å². The maximum atomic E-state index is 11.8. The largest absolute Gasteiger partial charge is 0.224 e. The molecule has 0 saturated carbocycles. The number of rotatable bonds is 4. The lowest BCUT2D eigenvalue weighted by atomic mass is 10.2. The van der Waals surface area contributed by atoms with Crippen LogP contribution in [0.25, 0.3) is 0 Å². The molecule has 0 aliphatic carbocycles. The molecule has 1 rings (SSSR count). The molecular weight excluding hydrogens is 242 g/mol. The van der Waals surface area contributed by atoms with Gasteiger partial charge in [0.25, 0.3) is 0 Å². The monoisotopic (exact) mass is 255 g/mol. The quantitative estimate of drug-likeness (QED) is 0.838. The lowest BCUT2D eigenvalue weighted by Crippen LogP contribution is -2.10. The summed E-state index contributed by atoms with van der Waals surface area (Å²) >= 11 is 4.15. The van der Waals surface area contributed by atoms with Crippen LogP contribution in [-0.4, -0.2) is 19.4 Å². The van der Waals surface area contributed by atoms with E-state index in [2.05, 4.69) is 12.6 Å². The molecule has 0 aliphatic heterocycles. The van der Waals surface area contributed by atoms with Crippen LogP contribution in [0.3, 0.4) is 0 Å². The molecule has 16 heavy (non-hydrogen) atoms. The molecule has 1 unspecified atom stereocenters. The van der Waals surface area contributed by atoms with E-state index in [0.717, 1.165) is 0 Å². The van der Waals surface area contributed by atoms with Gasteiger partial charge in [-0.3, -0.25) is 0 Å². The van der Waals surface area contributed by atoms with Crippen molar-refractivity contribution in [3.63, 3.8) is 0 Å². The van der Waals surface area contributed by atoms with Gasteiger partial charge < -0.3 is 0 Å². The zero-order chi connectivity index (χ0) is 12.2. The Kier molecular flexibility index (Phi) is 4.39. The fourth-order valence-electron chi connectivity index (χ4n) is 1.18. The van der Waals surface area contributed by atoms with Crippen molar-refractivity contribution in [3.8, 4) is 6.07 Å². The van der Waals surface area contributed by atoms with E-state index in [1.165, 1.54) is 24.3 Å². The zero-order valence-corrected chi connectivity index (χ0v) is 10.6. The SMILES string of the molecule is CC(S)CCS(=O)(=O)c1ccc(C#N)cc1. The minimum absolute atomic E-state index is 0.0631. The summed E-state index contributed by atoms with van der Waals surface area (Å²) in [6.07, 6.45) is 0.519. The Morgan fingerprint density at radius 3 is 2.38 bits per heavy atom. The molecule has 3 nitrogen and oxygen atoms in total. The predicted octanol–water partition coefficient (Wildman–Crippen LogP) is 2.04. The molecule has 0 saturated heterocycles. The van der Waals surface area contributed by atoms with Gasteiger partial charge in [0.1, 0.15) is 0 Å². The van der Waals surface area contributed by atoms with E-state index in [0.29, 0.717) is 12.0 Å². The number of hydrogen-bond donors (Lipinski definition) is 1. The molecule has 1 atom stereocenters. The molecule has 0 amide bonds. The van der Waals surface area contributed by atoms with Crippen LogP contribution in [0.5, 0.6) is 0 Å². The van der Waals surface area contributed by atoms with Crippen LogP contribution in [0.2, 0.25) is 0 Å². The number of thiol groups is 1. The Labute approximate surface area is 101 Å². The Morgan fingerprint density at radius 2 is 1.94 bits per heavy atom. The van der Waals surface area contributed by atoms with E-state index < -0.39 is 9.84 Å². The molecule has 0 N–H and O–H groups in total. The van der Waals surface area contributed by atoms with Gasteiger partial charge >= 0.3 is 0 Å². The molecule has 86 valence electrons.